The zero-order valence-electron chi connectivity index (χ0n) is 17.2. The van der Waals surface area contributed by atoms with Crippen LogP contribution in [0.5, 0.6) is 5.75 Å². The van der Waals surface area contributed by atoms with Crippen molar-refractivity contribution in [1.29, 1.82) is 0 Å². The highest BCUT2D eigenvalue weighted by Crippen LogP contribution is 2.24. The van der Waals surface area contributed by atoms with Crippen LogP contribution in [0.1, 0.15) is 5.56 Å². The Hall–Kier alpha value is -3.58. The van der Waals surface area contributed by atoms with E-state index in [1.807, 2.05) is 73.8 Å². The fourth-order valence-corrected chi connectivity index (χ4v) is 3.36. The van der Waals surface area contributed by atoms with Crippen molar-refractivity contribution in [3.8, 4) is 28.6 Å². The molecule has 3 aromatic carbocycles. The van der Waals surface area contributed by atoms with E-state index in [0.717, 1.165) is 21.7 Å². The molecule has 0 saturated heterocycles. The van der Waals surface area contributed by atoms with Crippen LogP contribution in [0.2, 0.25) is 0 Å². The first-order chi connectivity index (χ1) is 15.1. The smallest absolute Gasteiger partial charge is 0.262 e. The van der Waals surface area contributed by atoms with Gasteiger partial charge in [-0.3, -0.25) is 4.79 Å². The lowest BCUT2D eigenvalue weighted by molar-refractivity contribution is -0.118. The fraction of sp³-hybridized carbons (Fsp3) is 0.125. The minimum Gasteiger partial charge on any atom is -0.484 e. The summed E-state index contributed by atoms with van der Waals surface area (Å²) >= 11 is 1.62. The Labute approximate surface area is 184 Å². The monoisotopic (exact) mass is 431 g/mol. The quantitative estimate of drug-likeness (QED) is 0.392. The van der Waals surface area contributed by atoms with E-state index in [9.17, 15) is 4.79 Å². The molecule has 0 spiro atoms. The van der Waals surface area contributed by atoms with Gasteiger partial charge in [0.15, 0.2) is 6.61 Å². The molecule has 4 rings (SSSR count). The van der Waals surface area contributed by atoms with Crippen LogP contribution in [0, 0.1) is 6.92 Å². The van der Waals surface area contributed by atoms with Gasteiger partial charge in [-0.25, -0.2) is 0 Å². The van der Waals surface area contributed by atoms with E-state index in [1.165, 1.54) is 5.56 Å². The predicted octanol–water partition coefficient (Wildman–Crippen LogP) is 5.45. The van der Waals surface area contributed by atoms with Gasteiger partial charge in [-0.15, -0.1) is 11.8 Å². The van der Waals surface area contributed by atoms with Crippen molar-refractivity contribution in [3.63, 3.8) is 0 Å². The minimum atomic E-state index is -0.220. The van der Waals surface area contributed by atoms with Gasteiger partial charge in [0.25, 0.3) is 11.8 Å². The van der Waals surface area contributed by atoms with Crippen molar-refractivity contribution in [3.05, 3.63) is 78.4 Å². The number of carbonyl (C=O) groups excluding carboxylic acids is 1. The van der Waals surface area contributed by atoms with Crippen molar-refractivity contribution in [2.75, 3.05) is 18.2 Å². The lowest BCUT2D eigenvalue weighted by Crippen LogP contribution is -2.20. The van der Waals surface area contributed by atoms with Gasteiger partial charge < -0.3 is 14.6 Å². The molecule has 0 radical (unpaired) electrons. The number of ether oxygens (including phenoxy) is 1. The van der Waals surface area contributed by atoms with E-state index < -0.39 is 0 Å². The van der Waals surface area contributed by atoms with E-state index in [-0.39, 0.29) is 12.5 Å². The second-order valence-corrected chi connectivity index (χ2v) is 7.76. The van der Waals surface area contributed by atoms with Gasteiger partial charge in [-0.2, -0.15) is 4.98 Å². The Morgan fingerprint density at radius 3 is 2.52 bits per heavy atom. The number of nitrogens with zero attached hydrogens (tertiary/aromatic N) is 2. The Kier molecular flexibility index (Phi) is 6.33. The third-order valence-corrected chi connectivity index (χ3v) is 5.29. The molecule has 1 amide bonds. The molecule has 0 aliphatic heterocycles. The molecule has 0 saturated carbocycles. The van der Waals surface area contributed by atoms with Crippen LogP contribution in [-0.2, 0) is 4.79 Å². The topological polar surface area (TPSA) is 77.2 Å². The van der Waals surface area contributed by atoms with E-state index in [0.29, 0.717) is 17.5 Å². The maximum Gasteiger partial charge on any atom is 0.262 e. The number of aryl methyl sites for hydroxylation is 1. The molecule has 0 atom stereocenters. The standard InChI is InChI=1S/C24H21N3O3S/c1-16-6-8-17(9-7-16)23-26-24(30-27-23)18-10-12-20(13-11-18)29-15-22(28)25-19-4-3-5-21(14-19)31-2/h3-14H,15H2,1-2H3,(H,25,28). The molecule has 0 fully saturated rings. The predicted molar refractivity (Wildman–Crippen MR) is 122 cm³/mol. The molecule has 1 aromatic heterocycles. The van der Waals surface area contributed by atoms with Gasteiger partial charge in [0.1, 0.15) is 5.75 Å². The highest BCUT2D eigenvalue weighted by Gasteiger charge is 2.11. The Bertz CT molecular complexity index is 1170. The molecule has 31 heavy (non-hydrogen) atoms. The van der Waals surface area contributed by atoms with Crippen LogP contribution in [-0.4, -0.2) is 28.9 Å². The molecular formula is C24H21N3O3S. The summed E-state index contributed by atoms with van der Waals surface area (Å²) in [7, 11) is 0. The number of rotatable bonds is 7. The molecule has 7 heteroatoms. The summed E-state index contributed by atoms with van der Waals surface area (Å²) in [6, 6.07) is 22.8. The van der Waals surface area contributed by atoms with Gasteiger partial charge in [-0.1, -0.05) is 41.1 Å². The third kappa shape index (κ3) is 5.32. The molecule has 156 valence electrons. The highest BCUT2D eigenvalue weighted by molar-refractivity contribution is 7.98. The van der Waals surface area contributed by atoms with Gasteiger partial charge in [0, 0.05) is 21.7 Å². The first-order valence-corrected chi connectivity index (χ1v) is 10.9. The van der Waals surface area contributed by atoms with Gasteiger partial charge in [0.05, 0.1) is 0 Å². The van der Waals surface area contributed by atoms with Crippen LogP contribution >= 0.6 is 11.8 Å². The molecule has 4 aromatic rings. The summed E-state index contributed by atoms with van der Waals surface area (Å²) < 4.78 is 11.0. The fourth-order valence-electron chi connectivity index (χ4n) is 2.90. The van der Waals surface area contributed by atoms with Crippen molar-refractivity contribution in [1.82, 2.24) is 10.1 Å². The largest absolute Gasteiger partial charge is 0.484 e. The van der Waals surface area contributed by atoms with E-state index in [4.69, 9.17) is 9.26 Å². The van der Waals surface area contributed by atoms with Crippen LogP contribution in [0.4, 0.5) is 5.69 Å². The Morgan fingerprint density at radius 2 is 1.77 bits per heavy atom. The van der Waals surface area contributed by atoms with E-state index in [1.54, 1.807) is 23.9 Å². The average molecular weight is 432 g/mol. The number of thioether (sulfide) groups is 1. The number of nitrogens with one attached hydrogen (secondary N) is 1. The molecule has 1 N–H and O–H groups in total. The lowest BCUT2D eigenvalue weighted by Gasteiger charge is -2.08. The summed E-state index contributed by atoms with van der Waals surface area (Å²) in [5, 5.41) is 6.89. The summed E-state index contributed by atoms with van der Waals surface area (Å²) in [5.41, 5.74) is 3.59. The molecule has 6 nitrogen and oxygen atoms in total. The first kappa shape index (κ1) is 20.7. The van der Waals surface area contributed by atoms with Crippen molar-refractivity contribution >= 4 is 23.4 Å². The minimum absolute atomic E-state index is 0.0824. The summed E-state index contributed by atoms with van der Waals surface area (Å²) in [5.74, 6) is 1.32. The number of carbonyl (C=O) groups is 1. The van der Waals surface area contributed by atoms with Gasteiger partial charge in [-0.05, 0) is 55.6 Å². The maximum absolute atomic E-state index is 12.2. The zero-order chi connectivity index (χ0) is 21.6. The second-order valence-electron chi connectivity index (χ2n) is 6.88. The normalized spacial score (nSPS) is 10.6. The number of anilines is 1. The van der Waals surface area contributed by atoms with E-state index >= 15 is 0 Å². The number of hydrogen-bond donors (Lipinski definition) is 1. The van der Waals surface area contributed by atoms with Gasteiger partial charge >= 0.3 is 0 Å². The summed E-state index contributed by atoms with van der Waals surface area (Å²) in [4.78, 5) is 17.7. The van der Waals surface area contributed by atoms with Crippen LogP contribution in [0.25, 0.3) is 22.8 Å². The van der Waals surface area contributed by atoms with Crippen LogP contribution in [0.15, 0.2) is 82.2 Å². The van der Waals surface area contributed by atoms with Crippen molar-refractivity contribution < 1.29 is 14.1 Å². The van der Waals surface area contributed by atoms with Gasteiger partial charge in [0.2, 0.25) is 5.82 Å². The molecule has 0 bridgehead atoms. The number of benzene rings is 3. The SMILES string of the molecule is CSc1cccc(NC(=O)COc2ccc(-c3nc(-c4ccc(C)cc4)no3)cc2)c1. The number of amides is 1. The molecule has 0 aliphatic rings. The first-order valence-electron chi connectivity index (χ1n) is 9.68. The molecule has 0 unspecified atom stereocenters. The van der Waals surface area contributed by atoms with Crippen LogP contribution in [0.3, 0.4) is 0 Å². The molecule has 1 heterocycles. The lowest BCUT2D eigenvalue weighted by atomic mass is 10.1. The summed E-state index contributed by atoms with van der Waals surface area (Å²) in [6.07, 6.45) is 1.99. The maximum atomic E-state index is 12.2. The van der Waals surface area contributed by atoms with Crippen molar-refractivity contribution in [2.45, 2.75) is 11.8 Å². The second kappa shape index (κ2) is 9.49. The Balaban J connectivity index is 1.35. The molecule has 0 aliphatic carbocycles. The number of hydrogen-bond acceptors (Lipinski definition) is 6. The van der Waals surface area contributed by atoms with Crippen LogP contribution < -0.4 is 10.1 Å². The summed E-state index contributed by atoms with van der Waals surface area (Å²) in [6.45, 7) is 1.95. The zero-order valence-corrected chi connectivity index (χ0v) is 18.0. The number of aromatic nitrogens is 2. The average Bonchev–Trinajstić information content (AvgIpc) is 3.29. The van der Waals surface area contributed by atoms with Crippen molar-refractivity contribution in [2.24, 2.45) is 0 Å². The Morgan fingerprint density at radius 1 is 1.03 bits per heavy atom. The van der Waals surface area contributed by atoms with E-state index in [2.05, 4.69) is 15.5 Å². The molecular weight excluding hydrogens is 410 g/mol. The highest BCUT2D eigenvalue weighted by atomic mass is 32.2. The third-order valence-electron chi connectivity index (χ3n) is 4.56.